The second-order valence-corrected chi connectivity index (χ2v) is 2.55. The first-order valence-corrected chi connectivity index (χ1v) is 3.99. The van der Waals surface area contributed by atoms with Crippen molar-refractivity contribution < 1.29 is 9.53 Å². The van der Waals surface area contributed by atoms with Crippen molar-refractivity contribution in [2.45, 2.75) is 0 Å². The van der Waals surface area contributed by atoms with Crippen LogP contribution in [0.25, 0.3) is 0 Å². The van der Waals surface area contributed by atoms with E-state index in [1.807, 2.05) is 0 Å². The normalized spacial score (nSPS) is 12.9. The zero-order valence-electron chi connectivity index (χ0n) is 6.51. The molecule has 0 heterocycles. The lowest BCUT2D eigenvalue weighted by atomic mass is 10.3. The number of carbonyl (C=O) groups excluding carboxylic acids is 1. The molecule has 0 aliphatic rings. The Bertz CT molecular complexity index is 223. The summed E-state index contributed by atoms with van der Waals surface area (Å²) in [5.41, 5.74) is 5.35. The Morgan fingerprint density at radius 1 is 1.67 bits per heavy atom. The number of ether oxygens (including phenoxy) is 1. The minimum absolute atomic E-state index is 0.0384. The summed E-state index contributed by atoms with van der Waals surface area (Å²) >= 11 is 11.0. The van der Waals surface area contributed by atoms with Crippen molar-refractivity contribution in [3.63, 3.8) is 0 Å². The molecule has 0 bridgehead atoms. The van der Waals surface area contributed by atoms with Gasteiger partial charge >= 0.3 is 5.97 Å². The molecule has 0 aromatic rings. The van der Waals surface area contributed by atoms with E-state index in [0.29, 0.717) is 0 Å². The summed E-state index contributed by atoms with van der Waals surface area (Å²) in [6.45, 7) is 0. The first-order valence-electron chi connectivity index (χ1n) is 3.08. The van der Waals surface area contributed by atoms with Crippen LogP contribution in [0.4, 0.5) is 0 Å². The highest BCUT2D eigenvalue weighted by Gasteiger charge is 2.07. The number of carbonyl (C=O) groups is 1. The molecule has 0 aliphatic heterocycles. The van der Waals surface area contributed by atoms with Gasteiger partial charge in [0.25, 0.3) is 0 Å². The van der Waals surface area contributed by atoms with Crippen molar-refractivity contribution in [1.29, 1.82) is 0 Å². The Kier molecular flexibility index (Phi) is 5.58. The molecule has 68 valence electrons. The van der Waals surface area contributed by atoms with Crippen LogP contribution in [0.1, 0.15) is 0 Å². The van der Waals surface area contributed by atoms with E-state index in [-0.39, 0.29) is 16.5 Å². The third-order valence-electron chi connectivity index (χ3n) is 1.06. The highest BCUT2D eigenvalue weighted by Crippen LogP contribution is 2.08. The molecular formula is C7H9Cl2NO2. The Hall–Kier alpha value is -0.670. The average molecular weight is 210 g/mol. The van der Waals surface area contributed by atoms with Gasteiger partial charge in [0.2, 0.25) is 0 Å². The highest BCUT2D eigenvalue weighted by atomic mass is 35.5. The lowest BCUT2D eigenvalue weighted by Crippen LogP contribution is -2.06. The molecule has 0 spiro atoms. The largest absolute Gasteiger partial charge is 0.466 e. The topological polar surface area (TPSA) is 52.3 Å². The van der Waals surface area contributed by atoms with Gasteiger partial charge in [-0.15, -0.1) is 11.6 Å². The van der Waals surface area contributed by atoms with Gasteiger partial charge in [-0.1, -0.05) is 11.6 Å². The van der Waals surface area contributed by atoms with Crippen LogP contribution in [0.3, 0.4) is 0 Å². The van der Waals surface area contributed by atoms with Crippen LogP contribution in [-0.4, -0.2) is 19.0 Å². The number of nitrogens with two attached hydrogens (primary N) is 1. The maximum absolute atomic E-state index is 10.9. The number of alkyl halides is 1. The first kappa shape index (κ1) is 11.3. The van der Waals surface area contributed by atoms with E-state index in [2.05, 4.69) is 4.74 Å². The van der Waals surface area contributed by atoms with Crippen LogP contribution in [-0.2, 0) is 9.53 Å². The monoisotopic (exact) mass is 209 g/mol. The SMILES string of the molecule is COC(=O)/C(=C/C(Cl)=C\N)CCl. The van der Waals surface area contributed by atoms with Crippen LogP contribution < -0.4 is 5.73 Å². The van der Waals surface area contributed by atoms with Crippen molar-refractivity contribution in [2.24, 2.45) is 5.73 Å². The maximum atomic E-state index is 10.9. The fourth-order valence-electron chi connectivity index (χ4n) is 0.498. The predicted octanol–water partition coefficient (Wildman–Crippen LogP) is 1.36. The van der Waals surface area contributed by atoms with E-state index in [9.17, 15) is 4.79 Å². The molecule has 2 N–H and O–H groups in total. The van der Waals surface area contributed by atoms with Crippen molar-refractivity contribution in [3.8, 4) is 0 Å². The second kappa shape index (κ2) is 5.91. The molecule has 0 amide bonds. The van der Waals surface area contributed by atoms with E-state index in [0.717, 1.165) is 6.20 Å². The highest BCUT2D eigenvalue weighted by molar-refractivity contribution is 6.31. The number of esters is 1. The van der Waals surface area contributed by atoms with Crippen LogP contribution in [0.5, 0.6) is 0 Å². The number of hydrogen-bond acceptors (Lipinski definition) is 3. The molecule has 0 unspecified atom stereocenters. The summed E-state index contributed by atoms with van der Waals surface area (Å²) in [4.78, 5) is 10.9. The fraction of sp³-hybridized carbons (Fsp3) is 0.286. The van der Waals surface area contributed by atoms with Gasteiger partial charge in [-0.3, -0.25) is 0 Å². The molecule has 0 rings (SSSR count). The first-order chi connectivity index (χ1) is 5.65. The predicted molar refractivity (Wildman–Crippen MR) is 48.9 cm³/mol. The number of methoxy groups -OCH3 is 1. The van der Waals surface area contributed by atoms with Gasteiger partial charge in [-0.05, 0) is 6.08 Å². The Morgan fingerprint density at radius 2 is 2.25 bits per heavy atom. The molecule has 0 aliphatic carbocycles. The maximum Gasteiger partial charge on any atom is 0.335 e. The lowest BCUT2D eigenvalue weighted by Gasteiger charge is -1.99. The molecule has 0 fully saturated rings. The molecule has 3 nitrogen and oxygen atoms in total. The third kappa shape index (κ3) is 3.64. The molecule has 0 saturated heterocycles. The van der Waals surface area contributed by atoms with Gasteiger partial charge < -0.3 is 10.5 Å². The summed E-state index contributed by atoms with van der Waals surface area (Å²) in [5, 5.41) is 0.246. The average Bonchev–Trinajstić information content (AvgIpc) is 2.12. The second-order valence-electron chi connectivity index (χ2n) is 1.85. The smallest absolute Gasteiger partial charge is 0.335 e. The molecule has 12 heavy (non-hydrogen) atoms. The minimum Gasteiger partial charge on any atom is -0.466 e. The van der Waals surface area contributed by atoms with Crippen LogP contribution in [0.15, 0.2) is 22.9 Å². The Morgan fingerprint density at radius 3 is 2.58 bits per heavy atom. The number of allylic oxidation sites excluding steroid dienone is 2. The lowest BCUT2D eigenvalue weighted by molar-refractivity contribution is -0.135. The van der Waals surface area contributed by atoms with Gasteiger partial charge in [0.1, 0.15) is 0 Å². The number of rotatable bonds is 3. The van der Waals surface area contributed by atoms with Crippen molar-refractivity contribution in [1.82, 2.24) is 0 Å². The Balaban J connectivity index is 4.54. The zero-order chi connectivity index (χ0) is 9.56. The van der Waals surface area contributed by atoms with E-state index >= 15 is 0 Å². The van der Waals surface area contributed by atoms with E-state index in [4.69, 9.17) is 28.9 Å². The minimum atomic E-state index is -0.509. The van der Waals surface area contributed by atoms with Gasteiger partial charge in [0, 0.05) is 6.20 Å². The molecule has 5 heteroatoms. The number of halogens is 2. The molecule has 0 aromatic carbocycles. The van der Waals surface area contributed by atoms with E-state index < -0.39 is 5.97 Å². The van der Waals surface area contributed by atoms with Crippen molar-refractivity contribution >= 4 is 29.2 Å². The summed E-state index contributed by atoms with van der Waals surface area (Å²) in [7, 11) is 1.27. The molecular weight excluding hydrogens is 201 g/mol. The summed E-state index contributed by atoms with van der Waals surface area (Å²) < 4.78 is 4.43. The molecule has 0 aromatic heterocycles. The summed E-state index contributed by atoms with van der Waals surface area (Å²) in [5.74, 6) is -0.471. The van der Waals surface area contributed by atoms with Gasteiger partial charge in [-0.25, -0.2) is 4.79 Å². The fourth-order valence-corrected chi connectivity index (χ4v) is 0.816. The zero-order valence-corrected chi connectivity index (χ0v) is 8.02. The van der Waals surface area contributed by atoms with Gasteiger partial charge in [0.05, 0.1) is 23.6 Å². The quantitative estimate of drug-likeness (QED) is 0.331. The summed E-state index contributed by atoms with van der Waals surface area (Å²) in [6, 6.07) is 0. The van der Waals surface area contributed by atoms with Crippen molar-refractivity contribution in [2.75, 3.05) is 13.0 Å². The Labute approximate surface area is 80.8 Å². The molecule has 0 radical (unpaired) electrons. The van der Waals surface area contributed by atoms with Crippen molar-refractivity contribution in [3.05, 3.63) is 22.9 Å². The third-order valence-corrected chi connectivity index (χ3v) is 1.59. The number of hydrogen-bond donors (Lipinski definition) is 1. The van der Waals surface area contributed by atoms with E-state index in [1.165, 1.54) is 13.2 Å². The standard InChI is InChI=1S/C7H9Cl2NO2/c1-12-7(11)5(3-8)2-6(9)4-10/h2,4H,3,10H2,1H3/b5-2+,6-4+. The van der Waals surface area contributed by atoms with Gasteiger partial charge in [0.15, 0.2) is 0 Å². The van der Waals surface area contributed by atoms with Crippen LogP contribution >= 0.6 is 23.2 Å². The van der Waals surface area contributed by atoms with E-state index in [1.54, 1.807) is 0 Å². The molecule has 0 atom stereocenters. The molecule has 0 saturated carbocycles. The van der Waals surface area contributed by atoms with Gasteiger partial charge in [-0.2, -0.15) is 0 Å². The van der Waals surface area contributed by atoms with Crippen LogP contribution in [0.2, 0.25) is 0 Å². The summed E-state index contributed by atoms with van der Waals surface area (Å²) in [6.07, 6.45) is 2.53. The van der Waals surface area contributed by atoms with Crippen LogP contribution in [0, 0.1) is 0 Å².